The second-order valence-corrected chi connectivity index (χ2v) is 12.9. The standard InChI is InChI=1S/C22H30N8O7S3/c1-28-21(25-26-27-28)40-11-13-10-39-20-22(36-5,24-15(31)12-38-7-6-23)19(35)29(20)17(13)18(34)37-14(8-16(32)33)9-30(2,3)4/h14,20H,7-12H2,1-5H3,(H-,24,31,32,33)/p+1/t14?,20-,22+/m1/s1. The van der Waals surface area contributed by atoms with E-state index >= 15 is 0 Å². The van der Waals surface area contributed by atoms with Crippen LogP contribution in [0.25, 0.3) is 0 Å². The number of quaternary nitrogens is 1. The maximum Gasteiger partial charge on any atom is 0.355 e. The lowest BCUT2D eigenvalue weighted by atomic mass is 9.98. The van der Waals surface area contributed by atoms with Gasteiger partial charge in [-0.1, -0.05) is 11.8 Å². The SMILES string of the molecule is CO[C@@]1(NC(=O)CSCC#N)C(=O)N2C(C(=O)OC(CC(=O)O)C[N+](C)(C)C)=C(CSc3nnnn3C)CS[C@@H]21. The number of aliphatic carboxylic acids is 1. The number of methoxy groups -OCH3 is 1. The van der Waals surface area contributed by atoms with E-state index in [1.165, 1.54) is 40.2 Å². The first-order valence-corrected chi connectivity index (χ1v) is 15.1. The molecule has 0 aromatic carbocycles. The summed E-state index contributed by atoms with van der Waals surface area (Å²) >= 11 is 3.65. The van der Waals surface area contributed by atoms with Crippen LogP contribution >= 0.6 is 35.3 Å². The Morgan fingerprint density at radius 3 is 2.67 bits per heavy atom. The fourth-order valence-electron chi connectivity index (χ4n) is 4.13. The number of carbonyl (C=O) groups is 4. The zero-order valence-electron chi connectivity index (χ0n) is 22.6. The van der Waals surface area contributed by atoms with E-state index in [2.05, 4.69) is 20.8 Å². The van der Waals surface area contributed by atoms with Crippen LogP contribution in [0.15, 0.2) is 16.4 Å². The molecule has 0 saturated carbocycles. The second-order valence-electron chi connectivity index (χ2n) is 9.90. The number of hydrogen-bond donors (Lipinski definition) is 2. The third-order valence-electron chi connectivity index (χ3n) is 5.73. The Hall–Kier alpha value is -2.85. The highest BCUT2D eigenvalue weighted by Crippen LogP contribution is 2.47. The zero-order valence-corrected chi connectivity index (χ0v) is 25.1. The first kappa shape index (κ1) is 31.7. The van der Waals surface area contributed by atoms with Gasteiger partial charge in [0, 0.05) is 25.7 Å². The van der Waals surface area contributed by atoms with Gasteiger partial charge < -0.3 is 24.4 Å². The van der Waals surface area contributed by atoms with Crippen molar-refractivity contribution < 1.29 is 38.2 Å². The minimum atomic E-state index is -1.71. The van der Waals surface area contributed by atoms with Crippen LogP contribution in [0, 0.1) is 11.3 Å². The van der Waals surface area contributed by atoms with Crippen molar-refractivity contribution in [1.29, 1.82) is 5.26 Å². The Morgan fingerprint density at radius 1 is 1.38 bits per heavy atom. The summed E-state index contributed by atoms with van der Waals surface area (Å²) in [5.41, 5.74) is -1.17. The molecule has 218 valence electrons. The van der Waals surface area contributed by atoms with Gasteiger partial charge in [0.05, 0.1) is 45.1 Å². The van der Waals surface area contributed by atoms with Crippen LogP contribution in [0.5, 0.6) is 0 Å². The first-order chi connectivity index (χ1) is 18.8. The number of aromatic nitrogens is 4. The predicted octanol–water partition coefficient (Wildman–Crippen LogP) is -0.720. The maximum atomic E-state index is 13.6. The number of thioether (sulfide) groups is 3. The van der Waals surface area contributed by atoms with Gasteiger partial charge in [-0.15, -0.1) is 28.6 Å². The van der Waals surface area contributed by atoms with Gasteiger partial charge in [0.2, 0.25) is 11.1 Å². The lowest BCUT2D eigenvalue weighted by Gasteiger charge is -2.56. The number of carboxylic acid groups (broad SMARTS) is 1. The number of ether oxygens (including phenoxy) is 2. The monoisotopic (exact) mass is 615 g/mol. The van der Waals surface area contributed by atoms with Crippen LogP contribution in [0.3, 0.4) is 0 Å². The topological polar surface area (TPSA) is 190 Å². The number of carboxylic acids is 1. The predicted molar refractivity (Wildman–Crippen MR) is 145 cm³/mol. The summed E-state index contributed by atoms with van der Waals surface area (Å²) in [6.07, 6.45) is -1.36. The van der Waals surface area contributed by atoms with Crippen LogP contribution in [-0.2, 0) is 35.7 Å². The highest BCUT2D eigenvalue weighted by molar-refractivity contribution is 8.01. The molecule has 40 heavy (non-hydrogen) atoms. The van der Waals surface area contributed by atoms with Crippen molar-refractivity contribution in [3.05, 3.63) is 11.3 Å². The Labute approximate surface area is 243 Å². The number of tetrazole rings is 1. The van der Waals surface area contributed by atoms with E-state index in [0.717, 1.165) is 11.8 Å². The van der Waals surface area contributed by atoms with Gasteiger partial charge in [-0.2, -0.15) is 5.26 Å². The molecule has 1 fully saturated rings. The van der Waals surface area contributed by atoms with Gasteiger partial charge in [0.25, 0.3) is 11.6 Å². The molecule has 1 aromatic heterocycles. The van der Waals surface area contributed by atoms with Gasteiger partial charge >= 0.3 is 11.9 Å². The number of carbonyl (C=O) groups excluding carboxylic acids is 3. The van der Waals surface area contributed by atoms with Crippen molar-refractivity contribution in [2.75, 3.05) is 57.8 Å². The van der Waals surface area contributed by atoms with E-state index in [0.29, 0.717) is 21.0 Å². The van der Waals surface area contributed by atoms with E-state index in [4.69, 9.17) is 14.7 Å². The van der Waals surface area contributed by atoms with Gasteiger partial charge in [-0.3, -0.25) is 19.3 Å². The third kappa shape index (κ3) is 7.26. The normalized spacial score (nSPS) is 21.2. The van der Waals surface area contributed by atoms with Crippen LogP contribution in [0.2, 0.25) is 0 Å². The Balaban J connectivity index is 1.91. The second kappa shape index (κ2) is 13.2. The minimum Gasteiger partial charge on any atom is -0.481 e. The highest BCUT2D eigenvalue weighted by Gasteiger charge is 2.66. The Morgan fingerprint density at radius 2 is 2.10 bits per heavy atom. The largest absolute Gasteiger partial charge is 0.481 e. The van der Waals surface area contributed by atoms with Crippen molar-refractivity contribution in [3.63, 3.8) is 0 Å². The molecule has 18 heteroatoms. The Bertz CT molecular complexity index is 1230. The highest BCUT2D eigenvalue weighted by atomic mass is 32.2. The van der Waals surface area contributed by atoms with E-state index in [9.17, 15) is 24.3 Å². The van der Waals surface area contributed by atoms with Gasteiger partial charge in [0.15, 0.2) is 6.10 Å². The molecule has 1 unspecified atom stereocenters. The average molecular weight is 616 g/mol. The molecule has 0 aliphatic carbocycles. The number of likely N-dealkylation sites (N-methyl/N-ethyl adjacent to an activating group) is 1. The molecular weight excluding hydrogens is 584 g/mol. The number of hydrogen-bond acceptors (Lipinski definition) is 13. The fourth-order valence-corrected chi connectivity index (χ4v) is 7.01. The summed E-state index contributed by atoms with van der Waals surface area (Å²) in [4.78, 5) is 52.5. The van der Waals surface area contributed by atoms with E-state index in [1.54, 1.807) is 7.05 Å². The molecule has 2 amide bonds. The molecule has 2 N–H and O–H groups in total. The third-order valence-corrected chi connectivity index (χ3v) is 9.00. The van der Waals surface area contributed by atoms with Crippen LogP contribution < -0.4 is 5.32 Å². The van der Waals surface area contributed by atoms with Gasteiger partial charge in [-0.25, -0.2) is 9.48 Å². The van der Waals surface area contributed by atoms with Crippen LogP contribution in [0.4, 0.5) is 0 Å². The maximum absolute atomic E-state index is 13.6. The molecule has 2 aliphatic rings. The first-order valence-electron chi connectivity index (χ1n) is 11.9. The van der Waals surface area contributed by atoms with Gasteiger partial charge in [-0.05, 0) is 16.0 Å². The van der Waals surface area contributed by atoms with Crippen molar-refractivity contribution in [2.45, 2.75) is 28.8 Å². The van der Waals surface area contributed by atoms with E-state index in [1.807, 2.05) is 27.2 Å². The molecule has 2 aliphatic heterocycles. The fraction of sp³-hybridized carbons (Fsp3) is 0.636. The number of nitrogens with one attached hydrogen (secondary N) is 1. The summed E-state index contributed by atoms with van der Waals surface area (Å²) < 4.78 is 13.0. The van der Waals surface area contributed by atoms with Crippen molar-refractivity contribution in [2.24, 2.45) is 7.05 Å². The minimum absolute atomic E-state index is 0.0195. The number of nitriles is 1. The molecule has 1 aromatic rings. The lowest BCUT2D eigenvalue weighted by Crippen LogP contribution is -2.80. The molecule has 15 nitrogen and oxygen atoms in total. The summed E-state index contributed by atoms with van der Waals surface area (Å²) in [5.74, 6) is -2.53. The summed E-state index contributed by atoms with van der Waals surface area (Å²) in [5, 5.41) is 31.8. The summed E-state index contributed by atoms with van der Waals surface area (Å²) in [6.45, 7) is 0.227. The Kier molecular flexibility index (Phi) is 10.5. The number of fused-ring (bicyclic) bond motifs is 1. The molecular formula is C22H31N8O7S3+. The summed E-state index contributed by atoms with van der Waals surface area (Å²) in [6, 6.07) is 1.93. The van der Waals surface area contributed by atoms with Crippen molar-refractivity contribution in [3.8, 4) is 6.07 Å². The lowest BCUT2D eigenvalue weighted by molar-refractivity contribution is -0.873. The summed E-state index contributed by atoms with van der Waals surface area (Å²) in [7, 11) is 8.49. The van der Waals surface area contributed by atoms with Crippen molar-refractivity contribution >= 4 is 59.0 Å². The quantitative estimate of drug-likeness (QED) is 0.0666. The van der Waals surface area contributed by atoms with Crippen LogP contribution in [-0.4, -0.2) is 133 Å². The number of rotatable bonds is 14. The smallest absolute Gasteiger partial charge is 0.355 e. The molecule has 1 saturated heterocycles. The number of aryl methyl sites for hydroxylation is 1. The average Bonchev–Trinajstić information content (AvgIpc) is 3.28. The number of β-lactam (4-membered cyclic amide) rings is 1. The van der Waals surface area contributed by atoms with Crippen molar-refractivity contribution in [1.82, 2.24) is 30.4 Å². The molecule has 0 spiro atoms. The van der Waals surface area contributed by atoms with E-state index in [-0.39, 0.29) is 29.5 Å². The molecule has 0 bridgehead atoms. The number of amides is 2. The van der Waals surface area contributed by atoms with Crippen LogP contribution in [0.1, 0.15) is 6.42 Å². The van der Waals surface area contributed by atoms with E-state index < -0.39 is 47.4 Å². The number of nitrogens with zero attached hydrogens (tertiary/aromatic N) is 7. The zero-order chi connectivity index (χ0) is 29.7. The molecule has 0 radical (unpaired) electrons. The number of esters is 1. The molecule has 3 heterocycles. The molecule has 3 rings (SSSR count). The van der Waals surface area contributed by atoms with Gasteiger partial charge in [0.1, 0.15) is 17.6 Å². The molecule has 3 atom stereocenters.